The van der Waals surface area contributed by atoms with Gasteiger partial charge in [0.2, 0.25) is 5.91 Å². The Morgan fingerprint density at radius 1 is 0.852 bits per heavy atom. The van der Waals surface area contributed by atoms with Crippen LogP contribution in [0, 0.1) is 0 Å². The van der Waals surface area contributed by atoms with Crippen LogP contribution in [-0.2, 0) is 4.79 Å². The van der Waals surface area contributed by atoms with Gasteiger partial charge in [-0.1, -0.05) is 30.3 Å². The van der Waals surface area contributed by atoms with Crippen LogP contribution < -0.4 is 5.32 Å². The first-order valence-electron chi connectivity index (χ1n) is 9.04. The van der Waals surface area contributed by atoms with E-state index >= 15 is 0 Å². The highest BCUT2D eigenvalue weighted by Gasteiger charge is 2.34. The predicted molar refractivity (Wildman–Crippen MR) is 108 cm³/mol. The molecule has 3 rings (SSSR count). The van der Waals surface area contributed by atoms with Crippen molar-refractivity contribution < 1.29 is 14.4 Å². The number of anilines is 1. The molecule has 1 aliphatic rings. The number of imide groups is 1. The fourth-order valence-electron chi connectivity index (χ4n) is 2.93. The van der Waals surface area contributed by atoms with E-state index in [1.54, 1.807) is 36.0 Å². The van der Waals surface area contributed by atoms with E-state index in [1.807, 2.05) is 30.3 Å². The molecular formula is C21H22N2O3S. The average Bonchev–Trinajstić information content (AvgIpc) is 2.93. The number of nitrogens with one attached hydrogen (secondary N) is 1. The van der Waals surface area contributed by atoms with Gasteiger partial charge in [-0.2, -0.15) is 11.8 Å². The van der Waals surface area contributed by atoms with Gasteiger partial charge in [0.1, 0.15) is 0 Å². The summed E-state index contributed by atoms with van der Waals surface area (Å²) in [4.78, 5) is 37.7. The summed E-state index contributed by atoms with van der Waals surface area (Å²) in [6.07, 6.45) is 2.14. The lowest BCUT2D eigenvalue weighted by atomic mass is 10.1. The number of benzene rings is 2. The smallest absolute Gasteiger partial charge is 0.261 e. The monoisotopic (exact) mass is 382 g/mol. The van der Waals surface area contributed by atoms with Gasteiger partial charge in [-0.25, -0.2) is 0 Å². The Bertz CT molecular complexity index is 788. The van der Waals surface area contributed by atoms with Crippen LogP contribution in [0.1, 0.15) is 40.0 Å². The summed E-state index contributed by atoms with van der Waals surface area (Å²) in [7, 11) is 0. The molecule has 6 heteroatoms. The van der Waals surface area contributed by atoms with Crippen LogP contribution in [0.5, 0.6) is 0 Å². The summed E-state index contributed by atoms with van der Waals surface area (Å²) in [6.45, 7) is 0.446. The van der Waals surface area contributed by atoms with E-state index < -0.39 is 0 Å². The summed E-state index contributed by atoms with van der Waals surface area (Å²) in [6, 6.07) is 16.4. The Balaban J connectivity index is 1.29. The molecule has 0 fully saturated rings. The number of hydrogen-bond acceptors (Lipinski definition) is 4. The summed E-state index contributed by atoms with van der Waals surface area (Å²) in [5.74, 6) is 1.29. The normalized spacial score (nSPS) is 13.0. The molecule has 1 aliphatic heterocycles. The van der Waals surface area contributed by atoms with Crippen LogP contribution in [0.4, 0.5) is 5.69 Å². The molecular weight excluding hydrogens is 360 g/mol. The SMILES string of the molecule is O=C(CCSCCCCN1C(=O)c2ccccc2C1=O)Nc1ccccc1. The fourth-order valence-corrected chi connectivity index (χ4v) is 3.87. The molecule has 0 unspecified atom stereocenters. The molecule has 0 saturated carbocycles. The lowest BCUT2D eigenvalue weighted by Gasteiger charge is -2.13. The Labute approximate surface area is 163 Å². The molecule has 3 amide bonds. The molecule has 27 heavy (non-hydrogen) atoms. The van der Waals surface area contributed by atoms with Crippen molar-refractivity contribution in [3.05, 3.63) is 65.7 Å². The van der Waals surface area contributed by atoms with Gasteiger partial charge >= 0.3 is 0 Å². The summed E-state index contributed by atoms with van der Waals surface area (Å²) in [5, 5.41) is 2.87. The van der Waals surface area contributed by atoms with Gasteiger partial charge < -0.3 is 5.32 Å². The Morgan fingerprint density at radius 3 is 2.15 bits per heavy atom. The molecule has 2 aromatic rings. The molecule has 5 nitrogen and oxygen atoms in total. The summed E-state index contributed by atoms with van der Waals surface area (Å²) in [5.41, 5.74) is 1.82. The van der Waals surface area contributed by atoms with E-state index in [4.69, 9.17) is 0 Å². The summed E-state index contributed by atoms with van der Waals surface area (Å²) < 4.78 is 0. The first-order valence-corrected chi connectivity index (χ1v) is 10.2. The lowest BCUT2D eigenvalue weighted by molar-refractivity contribution is -0.115. The number of amides is 3. The summed E-state index contributed by atoms with van der Waals surface area (Å²) >= 11 is 1.71. The third-order valence-electron chi connectivity index (χ3n) is 4.33. The van der Waals surface area contributed by atoms with Gasteiger partial charge in [0.25, 0.3) is 11.8 Å². The fraction of sp³-hybridized carbons (Fsp3) is 0.286. The molecule has 0 saturated heterocycles. The minimum Gasteiger partial charge on any atom is -0.326 e. The van der Waals surface area contributed by atoms with E-state index in [-0.39, 0.29) is 17.7 Å². The Morgan fingerprint density at radius 2 is 1.48 bits per heavy atom. The molecule has 0 spiro atoms. The van der Waals surface area contributed by atoms with Gasteiger partial charge in [-0.3, -0.25) is 19.3 Å². The third kappa shape index (κ3) is 4.98. The van der Waals surface area contributed by atoms with Crippen LogP contribution in [-0.4, -0.2) is 40.7 Å². The van der Waals surface area contributed by atoms with E-state index in [9.17, 15) is 14.4 Å². The Hall–Kier alpha value is -2.60. The van der Waals surface area contributed by atoms with Crippen LogP contribution in [0.25, 0.3) is 0 Å². The van der Waals surface area contributed by atoms with Crippen molar-refractivity contribution in [3.63, 3.8) is 0 Å². The van der Waals surface area contributed by atoms with Crippen LogP contribution in [0.15, 0.2) is 54.6 Å². The number of hydrogen-bond donors (Lipinski definition) is 1. The van der Waals surface area contributed by atoms with E-state index in [0.29, 0.717) is 24.1 Å². The van der Waals surface area contributed by atoms with Crippen molar-refractivity contribution >= 4 is 35.2 Å². The molecule has 1 heterocycles. The van der Waals surface area contributed by atoms with E-state index in [0.717, 1.165) is 30.0 Å². The van der Waals surface area contributed by atoms with Crippen molar-refractivity contribution in [1.29, 1.82) is 0 Å². The lowest BCUT2D eigenvalue weighted by Crippen LogP contribution is -2.30. The number of carbonyl (C=O) groups is 3. The van der Waals surface area contributed by atoms with Crippen molar-refractivity contribution in [1.82, 2.24) is 4.90 Å². The van der Waals surface area contributed by atoms with Gasteiger partial charge in [0.15, 0.2) is 0 Å². The maximum Gasteiger partial charge on any atom is 0.261 e. The number of unbranched alkanes of at least 4 members (excludes halogenated alkanes) is 1. The van der Waals surface area contributed by atoms with Gasteiger partial charge in [0, 0.05) is 24.4 Å². The van der Waals surface area contributed by atoms with Gasteiger partial charge in [-0.05, 0) is 42.9 Å². The van der Waals surface area contributed by atoms with Crippen molar-refractivity contribution in [2.75, 3.05) is 23.4 Å². The zero-order chi connectivity index (χ0) is 19.1. The molecule has 0 bridgehead atoms. The second kappa shape index (κ2) is 9.37. The molecule has 1 N–H and O–H groups in total. The predicted octanol–water partition coefficient (Wildman–Crippen LogP) is 3.82. The zero-order valence-corrected chi connectivity index (χ0v) is 15.8. The molecule has 0 radical (unpaired) electrons. The van der Waals surface area contributed by atoms with Crippen molar-refractivity contribution in [2.45, 2.75) is 19.3 Å². The molecule has 140 valence electrons. The number of carbonyl (C=O) groups excluding carboxylic acids is 3. The van der Waals surface area contributed by atoms with E-state index in [2.05, 4.69) is 5.32 Å². The quantitative estimate of drug-likeness (QED) is 0.529. The molecule has 0 aliphatic carbocycles. The standard InChI is InChI=1S/C21H22N2O3S/c24-19(22-16-8-2-1-3-9-16)12-15-27-14-7-6-13-23-20(25)17-10-4-5-11-18(17)21(23)26/h1-5,8-11H,6-7,12-15H2,(H,22,24). The maximum absolute atomic E-state index is 12.3. The number of rotatable bonds is 9. The molecule has 0 aromatic heterocycles. The largest absolute Gasteiger partial charge is 0.326 e. The second-order valence-electron chi connectivity index (χ2n) is 6.29. The van der Waals surface area contributed by atoms with Gasteiger partial charge in [-0.15, -0.1) is 0 Å². The van der Waals surface area contributed by atoms with Crippen LogP contribution in [0.2, 0.25) is 0 Å². The second-order valence-corrected chi connectivity index (χ2v) is 7.52. The van der Waals surface area contributed by atoms with Crippen LogP contribution in [0.3, 0.4) is 0 Å². The first-order chi connectivity index (χ1) is 13.2. The molecule has 2 aromatic carbocycles. The highest BCUT2D eigenvalue weighted by atomic mass is 32.2. The van der Waals surface area contributed by atoms with Gasteiger partial charge in [0.05, 0.1) is 11.1 Å². The van der Waals surface area contributed by atoms with Crippen molar-refractivity contribution in [3.8, 4) is 0 Å². The minimum absolute atomic E-state index is 0.0136. The average molecular weight is 382 g/mol. The number of thioether (sulfide) groups is 1. The van der Waals surface area contributed by atoms with Crippen LogP contribution >= 0.6 is 11.8 Å². The molecule has 0 atom stereocenters. The Kier molecular flexibility index (Phi) is 6.65. The van der Waals surface area contributed by atoms with Crippen molar-refractivity contribution in [2.24, 2.45) is 0 Å². The van der Waals surface area contributed by atoms with E-state index in [1.165, 1.54) is 4.90 Å². The number of fused-ring (bicyclic) bond motifs is 1. The minimum atomic E-state index is -0.194. The number of para-hydroxylation sites is 1. The highest BCUT2D eigenvalue weighted by Crippen LogP contribution is 2.22. The zero-order valence-electron chi connectivity index (χ0n) is 15.0. The third-order valence-corrected chi connectivity index (χ3v) is 5.40. The maximum atomic E-state index is 12.3. The highest BCUT2D eigenvalue weighted by molar-refractivity contribution is 7.99. The first kappa shape index (κ1) is 19.2. The number of nitrogens with zero attached hydrogens (tertiary/aromatic N) is 1. The topological polar surface area (TPSA) is 66.5 Å².